The van der Waals surface area contributed by atoms with E-state index in [4.69, 9.17) is 16.0 Å². The van der Waals surface area contributed by atoms with Crippen LogP contribution in [0.4, 0.5) is 11.4 Å². The molecule has 1 atom stereocenters. The van der Waals surface area contributed by atoms with Crippen molar-refractivity contribution in [3.63, 3.8) is 0 Å². The van der Waals surface area contributed by atoms with Crippen LogP contribution in [0.3, 0.4) is 0 Å². The maximum Gasteiger partial charge on any atom is 0.271 e. The number of nitro groups is 1. The topological polar surface area (TPSA) is 111 Å². The first-order valence-corrected chi connectivity index (χ1v) is 13.1. The van der Waals surface area contributed by atoms with Crippen LogP contribution in [0.5, 0.6) is 0 Å². The minimum Gasteiger partial charge on any atom is -0.457 e. The van der Waals surface area contributed by atoms with Crippen LogP contribution in [0.1, 0.15) is 31.2 Å². The number of carbonyl (C=O) groups excluding carboxylic acids is 1. The van der Waals surface area contributed by atoms with Gasteiger partial charge in [-0.15, -0.1) is 0 Å². The van der Waals surface area contributed by atoms with Crippen LogP contribution in [0.2, 0.25) is 5.02 Å². The number of fused-ring (bicyclic) bond motifs is 1. The average Bonchev–Trinajstić information content (AvgIpc) is 3.47. The molecular weight excluding hydrogens is 540 g/mol. The summed E-state index contributed by atoms with van der Waals surface area (Å²) in [4.78, 5) is 44.1. The van der Waals surface area contributed by atoms with Crippen molar-refractivity contribution in [2.75, 3.05) is 19.0 Å². The zero-order valence-corrected chi connectivity index (χ0v) is 23.0. The fraction of sp³-hybridized carbons (Fsp3) is 0.179. The van der Waals surface area contributed by atoms with Crippen LogP contribution in [-0.2, 0) is 4.79 Å². The van der Waals surface area contributed by atoms with Crippen molar-refractivity contribution in [1.29, 1.82) is 0 Å². The summed E-state index contributed by atoms with van der Waals surface area (Å²) in [5.41, 5.74) is 2.77. The second kappa shape index (κ2) is 10.1. The Hall–Kier alpha value is -4.28. The number of hydrogen-bond acceptors (Lipinski definition) is 8. The van der Waals surface area contributed by atoms with E-state index in [0.29, 0.717) is 42.7 Å². The number of hydrogen-bond donors (Lipinski definition) is 0. The molecule has 0 spiro atoms. The van der Waals surface area contributed by atoms with Gasteiger partial charge in [0.05, 0.1) is 20.5 Å². The standard InChI is InChI=1S/C28H23ClN4O5S/c1-15-25(16(2)34)26(17-5-7-18(8-6-17)31(3)4)32-27(35)24(39-28(32)30-15)14-20-10-12-23(38-20)21-13-19(33(36)37)9-11-22(21)29/h5-14,26H,1-4H3/b24-14+/t26-/m0/s1. The minimum absolute atomic E-state index is 0.115. The fourth-order valence-electron chi connectivity index (χ4n) is 4.56. The van der Waals surface area contributed by atoms with Crippen molar-refractivity contribution in [3.8, 4) is 11.3 Å². The number of halogens is 1. The number of benzene rings is 2. The molecule has 1 aliphatic heterocycles. The van der Waals surface area contributed by atoms with Crippen molar-refractivity contribution < 1.29 is 14.1 Å². The number of carbonyl (C=O) groups is 1. The van der Waals surface area contributed by atoms with Crippen LogP contribution in [0.25, 0.3) is 17.4 Å². The van der Waals surface area contributed by atoms with Crippen LogP contribution in [0, 0.1) is 10.1 Å². The molecule has 5 rings (SSSR count). The Kier molecular flexibility index (Phi) is 6.83. The average molecular weight is 563 g/mol. The number of nitro benzene ring substituents is 1. The zero-order chi connectivity index (χ0) is 28.0. The molecule has 1 aliphatic rings. The van der Waals surface area contributed by atoms with Crippen molar-refractivity contribution in [2.24, 2.45) is 4.99 Å². The molecule has 198 valence electrons. The number of anilines is 1. The van der Waals surface area contributed by atoms with Gasteiger partial charge in [0.1, 0.15) is 11.5 Å². The lowest BCUT2D eigenvalue weighted by atomic mass is 9.93. The first-order chi connectivity index (χ1) is 18.5. The van der Waals surface area contributed by atoms with Gasteiger partial charge in [0, 0.05) is 54.8 Å². The van der Waals surface area contributed by atoms with E-state index in [0.717, 1.165) is 11.3 Å². The molecule has 0 N–H and O–H groups in total. The monoisotopic (exact) mass is 562 g/mol. The van der Waals surface area contributed by atoms with Crippen molar-refractivity contribution in [3.05, 3.63) is 112 Å². The third kappa shape index (κ3) is 4.84. The van der Waals surface area contributed by atoms with E-state index in [2.05, 4.69) is 4.99 Å². The number of nitrogens with zero attached hydrogens (tertiary/aromatic N) is 4. The number of rotatable bonds is 6. The molecule has 0 aliphatic carbocycles. The number of Topliss-reactive ketones (excluding diaryl/α,β-unsaturated/α-hetero) is 1. The van der Waals surface area contributed by atoms with Gasteiger partial charge in [-0.2, -0.15) is 0 Å². The molecule has 0 fully saturated rings. The quantitative estimate of drug-likeness (QED) is 0.248. The van der Waals surface area contributed by atoms with Gasteiger partial charge in [-0.05, 0) is 49.7 Å². The molecule has 2 aromatic heterocycles. The number of thiazole rings is 1. The molecule has 4 aromatic rings. The lowest BCUT2D eigenvalue weighted by Crippen LogP contribution is -2.39. The third-order valence-corrected chi connectivity index (χ3v) is 7.77. The summed E-state index contributed by atoms with van der Waals surface area (Å²) in [7, 11) is 3.88. The van der Waals surface area contributed by atoms with Gasteiger partial charge in [-0.1, -0.05) is 35.1 Å². The molecule has 0 unspecified atom stereocenters. The Bertz CT molecular complexity index is 1850. The molecule has 3 heterocycles. The summed E-state index contributed by atoms with van der Waals surface area (Å²) in [5, 5.41) is 11.5. The Morgan fingerprint density at radius 2 is 1.90 bits per heavy atom. The van der Waals surface area contributed by atoms with Gasteiger partial charge >= 0.3 is 0 Å². The molecule has 11 heteroatoms. The van der Waals surface area contributed by atoms with E-state index in [-0.39, 0.29) is 17.0 Å². The number of furan rings is 1. The molecule has 2 aromatic carbocycles. The van der Waals surface area contributed by atoms with Gasteiger partial charge in [0.15, 0.2) is 10.6 Å². The largest absolute Gasteiger partial charge is 0.457 e. The van der Waals surface area contributed by atoms with E-state index in [1.165, 1.54) is 36.5 Å². The number of allylic oxidation sites excluding steroid dienone is 2. The van der Waals surface area contributed by atoms with Crippen LogP contribution >= 0.6 is 22.9 Å². The Morgan fingerprint density at radius 1 is 1.18 bits per heavy atom. The van der Waals surface area contributed by atoms with Crippen LogP contribution in [-0.4, -0.2) is 29.4 Å². The predicted molar refractivity (Wildman–Crippen MR) is 151 cm³/mol. The van der Waals surface area contributed by atoms with Gasteiger partial charge < -0.3 is 9.32 Å². The Morgan fingerprint density at radius 3 is 2.54 bits per heavy atom. The Balaban J connectivity index is 1.62. The second-order valence-corrected chi connectivity index (χ2v) is 10.7. The van der Waals surface area contributed by atoms with Gasteiger partial charge in [0.25, 0.3) is 11.2 Å². The predicted octanol–water partition coefficient (Wildman–Crippen LogP) is 4.71. The number of aromatic nitrogens is 1. The summed E-state index contributed by atoms with van der Waals surface area (Å²) < 4.78 is 7.82. The highest BCUT2D eigenvalue weighted by atomic mass is 35.5. The van der Waals surface area contributed by atoms with Crippen molar-refractivity contribution in [2.45, 2.75) is 19.9 Å². The number of non-ortho nitro benzene ring substituents is 1. The highest BCUT2D eigenvalue weighted by Gasteiger charge is 2.30. The van der Waals surface area contributed by atoms with E-state index >= 15 is 0 Å². The SMILES string of the molecule is CC(=O)C1=C(C)N=c2s/c(=C/c3ccc(-c4cc([N+](=O)[O-])ccc4Cl)o3)c(=O)n2[C@H]1c1ccc(N(C)C)cc1. The van der Waals surface area contributed by atoms with E-state index < -0.39 is 11.0 Å². The molecule has 0 radical (unpaired) electrons. The van der Waals surface area contributed by atoms with E-state index in [1.807, 2.05) is 43.3 Å². The summed E-state index contributed by atoms with van der Waals surface area (Å²) in [6, 6.07) is 14.5. The minimum atomic E-state index is -0.618. The summed E-state index contributed by atoms with van der Waals surface area (Å²) in [6.07, 6.45) is 1.59. The van der Waals surface area contributed by atoms with Crippen molar-refractivity contribution in [1.82, 2.24) is 4.57 Å². The fourth-order valence-corrected chi connectivity index (χ4v) is 5.80. The molecule has 39 heavy (non-hydrogen) atoms. The lowest BCUT2D eigenvalue weighted by molar-refractivity contribution is -0.384. The van der Waals surface area contributed by atoms with Gasteiger partial charge in [-0.3, -0.25) is 24.3 Å². The highest BCUT2D eigenvalue weighted by Crippen LogP contribution is 2.33. The maximum absolute atomic E-state index is 13.7. The molecule has 9 nitrogen and oxygen atoms in total. The smallest absolute Gasteiger partial charge is 0.271 e. The number of ketones is 1. The Labute approximate surface area is 231 Å². The van der Waals surface area contributed by atoms with Gasteiger partial charge in [0.2, 0.25) is 0 Å². The first-order valence-electron chi connectivity index (χ1n) is 11.9. The zero-order valence-electron chi connectivity index (χ0n) is 21.5. The van der Waals surface area contributed by atoms with Crippen LogP contribution < -0.4 is 19.8 Å². The molecule has 0 bridgehead atoms. The maximum atomic E-state index is 13.7. The second-order valence-electron chi connectivity index (χ2n) is 9.25. The third-order valence-electron chi connectivity index (χ3n) is 6.45. The molecule has 0 saturated heterocycles. The molecule has 0 saturated carbocycles. The van der Waals surface area contributed by atoms with E-state index in [9.17, 15) is 19.7 Å². The molecular formula is C28H23ClN4O5S. The first kappa shape index (κ1) is 26.3. The normalized spacial score (nSPS) is 15.2. The van der Waals surface area contributed by atoms with Crippen molar-refractivity contribution >= 4 is 46.2 Å². The van der Waals surface area contributed by atoms with Gasteiger partial charge in [-0.25, -0.2) is 4.99 Å². The summed E-state index contributed by atoms with van der Waals surface area (Å²) >= 11 is 7.46. The lowest BCUT2D eigenvalue weighted by Gasteiger charge is -2.25. The highest BCUT2D eigenvalue weighted by molar-refractivity contribution is 7.07. The summed E-state index contributed by atoms with van der Waals surface area (Å²) in [6.45, 7) is 3.25. The van der Waals surface area contributed by atoms with E-state index in [1.54, 1.807) is 29.7 Å². The summed E-state index contributed by atoms with van der Waals surface area (Å²) in [5.74, 6) is 0.542. The van der Waals surface area contributed by atoms with Crippen LogP contribution in [0.15, 0.2) is 80.1 Å². The molecule has 0 amide bonds.